The third-order valence-corrected chi connectivity index (χ3v) is 5.69. The highest BCUT2D eigenvalue weighted by molar-refractivity contribution is 5.64. The second-order valence-electron chi connectivity index (χ2n) is 7.67. The lowest BCUT2D eigenvalue weighted by Gasteiger charge is -2.29. The standard InChI is InChI=1S/C23H26F4O/c1-2-3-4-16-5-7-17(8-6-16)18-9-11-19(12-10-18)20-13-14-22(21(24)15-20)28-23(25,26)27/h9-17H,2-8H2,1H3. The molecule has 2 aromatic rings. The Morgan fingerprint density at radius 3 is 2.14 bits per heavy atom. The lowest BCUT2D eigenvalue weighted by Crippen LogP contribution is -2.17. The molecule has 3 rings (SSSR count). The fourth-order valence-electron chi connectivity index (χ4n) is 4.11. The summed E-state index contributed by atoms with van der Waals surface area (Å²) in [5.74, 6) is -0.417. The highest BCUT2D eigenvalue weighted by Crippen LogP contribution is 2.38. The largest absolute Gasteiger partial charge is 0.573 e. The average Bonchev–Trinajstić information content (AvgIpc) is 2.67. The summed E-state index contributed by atoms with van der Waals surface area (Å²) < 4.78 is 54.4. The summed E-state index contributed by atoms with van der Waals surface area (Å²) in [6.45, 7) is 2.23. The fraction of sp³-hybridized carbons (Fsp3) is 0.478. The molecule has 0 aliphatic heterocycles. The van der Waals surface area contributed by atoms with E-state index in [0.717, 1.165) is 23.6 Å². The van der Waals surface area contributed by atoms with Crippen molar-refractivity contribution in [3.63, 3.8) is 0 Å². The monoisotopic (exact) mass is 394 g/mol. The molecule has 0 spiro atoms. The maximum Gasteiger partial charge on any atom is 0.573 e. The Morgan fingerprint density at radius 2 is 1.57 bits per heavy atom. The molecule has 0 bridgehead atoms. The van der Waals surface area contributed by atoms with Gasteiger partial charge in [0.1, 0.15) is 0 Å². The van der Waals surface area contributed by atoms with Crippen molar-refractivity contribution in [3.05, 3.63) is 53.8 Å². The Kier molecular flexibility index (Phi) is 6.63. The number of unbranched alkanes of at least 4 members (excludes halogenated alkanes) is 1. The van der Waals surface area contributed by atoms with Crippen LogP contribution in [-0.4, -0.2) is 6.36 Å². The van der Waals surface area contributed by atoms with E-state index >= 15 is 0 Å². The molecule has 2 aromatic carbocycles. The summed E-state index contributed by atoms with van der Waals surface area (Å²) >= 11 is 0. The van der Waals surface area contributed by atoms with E-state index in [4.69, 9.17) is 0 Å². The smallest absolute Gasteiger partial charge is 0.403 e. The van der Waals surface area contributed by atoms with Gasteiger partial charge in [-0.2, -0.15) is 0 Å². The minimum atomic E-state index is -4.90. The third kappa shape index (κ3) is 5.49. The summed E-state index contributed by atoms with van der Waals surface area (Å²) in [6.07, 6.45) is 3.95. The maximum absolute atomic E-state index is 13.9. The summed E-state index contributed by atoms with van der Waals surface area (Å²) in [7, 11) is 0. The predicted molar refractivity (Wildman–Crippen MR) is 103 cm³/mol. The van der Waals surface area contributed by atoms with Crippen molar-refractivity contribution in [1.82, 2.24) is 0 Å². The molecule has 0 aromatic heterocycles. The first kappa shape index (κ1) is 20.7. The topological polar surface area (TPSA) is 9.23 Å². The molecule has 28 heavy (non-hydrogen) atoms. The van der Waals surface area contributed by atoms with Gasteiger partial charge in [-0.15, -0.1) is 13.2 Å². The molecule has 1 saturated carbocycles. The summed E-state index contributed by atoms with van der Waals surface area (Å²) in [4.78, 5) is 0. The maximum atomic E-state index is 13.9. The normalized spacial score (nSPS) is 20.2. The van der Waals surface area contributed by atoms with E-state index < -0.39 is 17.9 Å². The zero-order chi connectivity index (χ0) is 20.1. The Bertz CT molecular complexity index is 759. The predicted octanol–water partition coefficient (Wildman–Crippen LogP) is 7.86. The van der Waals surface area contributed by atoms with Crippen molar-refractivity contribution in [2.45, 2.75) is 64.1 Å². The molecule has 1 aliphatic rings. The summed E-state index contributed by atoms with van der Waals surface area (Å²) in [5.41, 5.74) is 2.59. The molecular weight excluding hydrogens is 368 g/mol. The van der Waals surface area contributed by atoms with Crippen LogP contribution in [0.5, 0.6) is 5.75 Å². The molecule has 0 saturated heterocycles. The second-order valence-corrected chi connectivity index (χ2v) is 7.67. The second kappa shape index (κ2) is 8.97. The first-order chi connectivity index (χ1) is 13.4. The molecule has 0 N–H and O–H groups in total. The van der Waals surface area contributed by atoms with E-state index in [-0.39, 0.29) is 0 Å². The third-order valence-electron chi connectivity index (χ3n) is 5.69. The number of rotatable bonds is 6. The minimum Gasteiger partial charge on any atom is -0.403 e. The number of benzene rings is 2. The van der Waals surface area contributed by atoms with E-state index in [0.29, 0.717) is 11.5 Å². The van der Waals surface area contributed by atoms with Gasteiger partial charge in [0, 0.05) is 0 Å². The fourth-order valence-corrected chi connectivity index (χ4v) is 4.11. The van der Waals surface area contributed by atoms with Gasteiger partial charge in [0.2, 0.25) is 0 Å². The van der Waals surface area contributed by atoms with Gasteiger partial charge < -0.3 is 4.74 Å². The Morgan fingerprint density at radius 1 is 0.929 bits per heavy atom. The molecule has 152 valence electrons. The van der Waals surface area contributed by atoms with Gasteiger partial charge in [-0.25, -0.2) is 4.39 Å². The zero-order valence-corrected chi connectivity index (χ0v) is 16.1. The zero-order valence-electron chi connectivity index (χ0n) is 16.1. The van der Waals surface area contributed by atoms with Crippen molar-refractivity contribution in [2.75, 3.05) is 0 Å². The van der Waals surface area contributed by atoms with Crippen LogP contribution in [0, 0.1) is 11.7 Å². The van der Waals surface area contributed by atoms with Crippen LogP contribution in [0.4, 0.5) is 17.6 Å². The Balaban J connectivity index is 1.64. The summed E-state index contributed by atoms with van der Waals surface area (Å²) in [5, 5.41) is 0. The molecule has 0 amide bonds. The van der Waals surface area contributed by atoms with E-state index in [2.05, 4.69) is 23.8 Å². The van der Waals surface area contributed by atoms with Gasteiger partial charge in [0.25, 0.3) is 0 Å². The number of hydrogen-bond acceptors (Lipinski definition) is 1. The van der Waals surface area contributed by atoms with Crippen LogP contribution in [0.1, 0.15) is 63.4 Å². The van der Waals surface area contributed by atoms with Crippen molar-refractivity contribution >= 4 is 0 Å². The average molecular weight is 394 g/mol. The Labute approximate surface area is 163 Å². The quantitative estimate of drug-likeness (QED) is 0.453. The lowest BCUT2D eigenvalue weighted by atomic mass is 9.77. The van der Waals surface area contributed by atoms with Crippen LogP contribution in [0.2, 0.25) is 0 Å². The van der Waals surface area contributed by atoms with Crippen molar-refractivity contribution in [3.8, 4) is 16.9 Å². The minimum absolute atomic E-state index is 0.529. The number of alkyl halides is 3. The highest BCUT2D eigenvalue weighted by atomic mass is 19.4. The Hall–Kier alpha value is -2.04. The van der Waals surface area contributed by atoms with Gasteiger partial charge in [-0.3, -0.25) is 0 Å². The first-order valence-corrected chi connectivity index (χ1v) is 10.0. The van der Waals surface area contributed by atoms with Gasteiger partial charge in [0.05, 0.1) is 0 Å². The van der Waals surface area contributed by atoms with E-state index in [1.165, 1.54) is 56.6 Å². The van der Waals surface area contributed by atoms with E-state index in [9.17, 15) is 17.6 Å². The number of halogens is 4. The molecule has 1 fully saturated rings. The molecule has 5 heteroatoms. The van der Waals surface area contributed by atoms with Gasteiger partial charge >= 0.3 is 6.36 Å². The van der Waals surface area contributed by atoms with E-state index in [1.54, 1.807) is 0 Å². The van der Waals surface area contributed by atoms with Gasteiger partial charge in [-0.05, 0) is 66.3 Å². The van der Waals surface area contributed by atoms with Crippen LogP contribution in [0.15, 0.2) is 42.5 Å². The van der Waals surface area contributed by atoms with Crippen LogP contribution in [0.3, 0.4) is 0 Å². The molecule has 0 heterocycles. The molecule has 0 radical (unpaired) electrons. The van der Waals surface area contributed by atoms with Crippen LogP contribution in [0.25, 0.3) is 11.1 Å². The van der Waals surface area contributed by atoms with Crippen molar-refractivity contribution in [2.24, 2.45) is 5.92 Å². The molecule has 0 atom stereocenters. The van der Waals surface area contributed by atoms with Crippen molar-refractivity contribution in [1.29, 1.82) is 0 Å². The van der Waals surface area contributed by atoms with Gasteiger partial charge in [-0.1, -0.05) is 56.5 Å². The first-order valence-electron chi connectivity index (χ1n) is 10.0. The highest BCUT2D eigenvalue weighted by Gasteiger charge is 2.32. The van der Waals surface area contributed by atoms with E-state index in [1.807, 2.05) is 12.1 Å². The van der Waals surface area contributed by atoms with Crippen LogP contribution < -0.4 is 4.74 Å². The molecule has 1 nitrogen and oxygen atoms in total. The molecule has 0 unspecified atom stereocenters. The molecular formula is C23H26F4O. The van der Waals surface area contributed by atoms with Crippen LogP contribution >= 0.6 is 0 Å². The number of hydrogen-bond donors (Lipinski definition) is 0. The molecule has 1 aliphatic carbocycles. The summed E-state index contributed by atoms with van der Waals surface area (Å²) in [6, 6.07) is 11.5. The van der Waals surface area contributed by atoms with Crippen LogP contribution in [-0.2, 0) is 0 Å². The van der Waals surface area contributed by atoms with Gasteiger partial charge in [0.15, 0.2) is 11.6 Å². The number of ether oxygens (including phenoxy) is 1. The lowest BCUT2D eigenvalue weighted by molar-refractivity contribution is -0.275. The van der Waals surface area contributed by atoms with Crippen molar-refractivity contribution < 1.29 is 22.3 Å². The SMILES string of the molecule is CCCCC1CCC(c2ccc(-c3ccc(OC(F)(F)F)c(F)c3)cc2)CC1.